The van der Waals surface area contributed by atoms with E-state index in [9.17, 15) is 33.5 Å². The van der Waals surface area contributed by atoms with Crippen molar-refractivity contribution in [1.82, 2.24) is 19.5 Å². The first-order chi connectivity index (χ1) is 26.1. The third-order valence-corrected chi connectivity index (χ3v) is 9.11. The van der Waals surface area contributed by atoms with E-state index in [4.69, 9.17) is 32.5 Å². The van der Waals surface area contributed by atoms with E-state index in [1.54, 1.807) is 13.0 Å². The Balaban J connectivity index is 1.27. The second-order valence-corrected chi connectivity index (χ2v) is 15.1. The predicted molar refractivity (Wildman–Crippen MR) is 191 cm³/mol. The molecule has 3 aromatic heterocycles. The van der Waals surface area contributed by atoms with Crippen LogP contribution in [-0.4, -0.2) is 72.5 Å². The van der Waals surface area contributed by atoms with Crippen LogP contribution in [0, 0.1) is 26.8 Å². The van der Waals surface area contributed by atoms with Gasteiger partial charge in [-0.15, -0.1) is 0 Å². The van der Waals surface area contributed by atoms with E-state index in [1.807, 2.05) is 33.8 Å². The number of aliphatic hydroxyl groups is 1. The fourth-order valence-corrected chi connectivity index (χ4v) is 6.68. The number of esters is 3. The van der Waals surface area contributed by atoms with Gasteiger partial charge in [-0.3, -0.25) is 24.3 Å². The number of nitrogens with one attached hydrogen (secondary N) is 1. The molecule has 5 rings (SSSR count). The largest absolute Gasteiger partial charge is 0.519 e. The molecule has 18 nitrogen and oxygen atoms in total. The molecule has 1 amide bonds. The number of nitrogens with zero attached hydrogens (tertiary/aromatic N) is 4. The Labute approximate surface area is 319 Å². The summed E-state index contributed by atoms with van der Waals surface area (Å²) in [5.41, 5.74) is -1.43. The summed E-state index contributed by atoms with van der Waals surface area (Å²) in [6.45, 7) is 13.7. The molecule has 0 bridgehead atoms. The second-order valence-electron chi connectivity index (χ2n) is 15.1. The van der Waals surface area contributed by atoms with Crippen LogP contribution in [0.2, 0.25) is 0 Å². The summed E-state index contributed by atoms with van der Waals surface area (Å²) >= 11 is 0. The summed E-state index contributed by atoms with van der Waals surface area (Å²) in [5.74, 6) is -2.67. The zero-order chi connectivity index (χ0) is 41.3. The normalized spacial score (nSPS) is 18.5. The molecule has 3 atom stereocenters. The molecule has 1 aromatic carbocycles. The molecular formula is C37H44FN5O13. The predicted octanol–water partition coefficient (Wildman–Crippen LogP) is 4.77. The lowest BCUT2D eigenvalue weighted by Crippen LogP contribution is -2.43. The summed E-state index contributed by atoms with van der Waals surface area (Å²) in [6, 6.07) is 3.66. The number of aromatic nitrogens is 4. The molecule has 302 valence electrons. The van der Waals surface area contributed by atoms with Crippen molar-refractivity contribution in [3.05, 3.63) is 63.4 Å². The lowest BCUT2D eigenvalue weighted by molar-refractivity contribution is -0.165. The van der Waals surface area contributed by atoms with Gasteiger partial charge in [0, 0.05) is 24.3 Å². The van der Waals surface area contributed by atoms with Crippen molar-refractivity contribution in [3.63, 3.8) is 0 Å². The van der Waals surface area contributed by atoms with Gasteiger partial charge in [0.2, 0.25) is 0 Å². The average Bonchev–Trinajstić information content (AvgIpc) is 3.72. The smallest absolute Gasteiger partial charge is 0.459 e. The average molecular weight is 786 g/mol. The number of halogens is 1. The molecule has 2 N–H and O–H groups in total. The summed E-state index contributed by atoms with van der Waals surface area (Å²) in [6.07, 6.45) is -3.52. The quantitative estimate of drug-likeness (QED) is 0.0804. The molecule has 0 aliphatic carbocycles. The van der Waals surface area contributed by atoms with Crippen molar-refractivity contribution < 1.29 is 61.2 Å². The topological polar surface area (TPSA) is 234 Å². The van der Waals surface area contributed by atoms with Crippen LogP contribution < -0.4 is 15.9 Å². The molecule has 0 spiro atoms. The number of aryl methyl sites for hydroxylation is 3. The number of hydrogen-bond donors (Lipinski definition) is 2. The summed E-state index contributed by atoms with van der Waals surface area (Å²) in [5, 5.41) is 12.7. The van der Waals surface area contributed by atoms with Crippen molar-refractivity contribution >= 4 is 41.0 Å². The minimum absolute atomic E-state index is 0.00394. The van der Waals surface area contributed by atoms with Gasteiger partial charge in [0.25, 0.3) is 0 Å². The Morgan fingerprint density at radius 2 is 1.79 bits per heavy atom. The second kappa shape index (κ2) is 15.8. The molecule has 19 heteroatoms. The monoisotopic (exact) mass is 785 g/mol. The maximum absolute atomic E-state index is 14.8. The molecule has 4 heterocycles. The maximum Gasteiger partial charge on any atom is 0.519 e. The first kappa shape index (κ1) is 41.5. The summed E-state index contributed by atoms with van der Waals surface area (Å²) in [7, 11) is 0. The van der Waals surface area contributed by atoms with E-state index in [2.05, 4.69) is 20.3 Å². The first-order valence-electron chi connectivity index (χ1n) is 17.5. The van der Waals surface area contributed by atoms with E-state index >= 15 is 0 Å². The Morgan fingerprint density at radius 1 is 1.07 bits per heavy atom. The molecule has 56 heavy (non-hydrogen) atoms. The molecule has 1 aliphatic rings. The van der Waals surface area contributed by atoms with Gasteiger partial charge in [0.1, 0.15) is 29.3 Å². The zero-order valence-corrected chi connectivity index (χ0v) is 32.4. The van der Waals surface area contributed by atoms with Crippen LogP contribution in [-0.2, 0) is 45.4 Å². The Kier molecular flexibility index (Phi) is 11.7. The van der Waals surface area contributed by atoms with Crippen LogP contribution in [0.25, 0.3) is 11.2 Å². The van der Waals surface area contributed by atoms with Crippen molar-refractivity contribution in [2.45, 2.75) is 117 Å². The number of fused-ring (bicyclic) bond motifs is 1. The number of benzene rings is 1. The van der Waals surface area contributed by atoms with Gasteiger partial charge in [-0.1, -0.05) is 19.9 Å². The van der Waals surface area contributed by atoms with Crippen LogP contribution >= 0.6 is 0 Å². The summed E-state index contributed by atoms with van der Waals surface area (Å²) in [4.78, 5) is 73.7. The molecule has 1 saturated heterocycles. The van der Waals surface area contributed by atoms with E-state index in [-0.39, 0.29) is 48.0 Å². The molecule has 0 radical (unpaired) electrons. The SMILES string of the molecule is CC(=O)Oc1cc(C)cc(C)c1C(C)(C)CC(=O)O[C@H]1C[C@H](n2cnc3c(NC(=O)OC(C)(C)CC(=O)OCc4oc(=O)oc4C)nc(F)nc32)O[C@]1(C)CO. The standard InChI is InChI=1S/C37H44FN5O13/c1-18-10-19(2)28(22(11-18)52-21(4)45)35(5,6)13-27(47)54-24-12-25(55-37(24,9)16-44)43-17-39-29-30(40-32(38)42-31(29)43)41-33(48)56-36(7,8)14-26(46)50-15-23-20(3)51-34(49)53-23/h10-11,17,24-25,44H,12-16H2,1-9H3,(H,40,41,42,48)/t24-,25+,37+/m0/s1. The number of hydrogen-bond acceptors (Lipinski definition) is 16. The number of aliphatic hydroxyl groups excluding tert-OH is 1. The zero-order valence-electron chi connectivity index (χ0n) is 32.4. The fraction of sp³-hybridized carbons (Fsp3) is 0.514. The molecule has 0 saturated carbocycles. The number of anilines is 1. The number of rotatable bonds is 13. The van der Waals surface area contributed by atoms with Gasteiger partial charge < -0.3 is 37.6 Å². The van der Waals surface area contributed by atoms with Crippen LogP contribution in [0.15, 0.2) is 32.1 Å². The van der Waals surface area contributed by atoms with E-state index in [0.29, 0.717) is 11.3 Å². The number of ether oxygens (including phenoxy) is 5. The number of carbonyl (C=O) groups excluding carboxylic acids is 4. The fourth-order valence-electron chi connectivity index (χ4n) is 6.68. The van der Waals surface area contributed by atoms with Crippen molar-refractivity contribution in [1.29, 1.82) is 0 Å². The van der Waals surface area contributed by atoms with Gasteiger partial charge in [-0.05, 0) is 58.7 Å². The van der Waals surface area contributed by atoms with Crippen molar-refractivity contribution in [2.75, 3.05) is 11.9 Å². The maximum atomic E-state index is 14.8. The molecule has 4 aromatic rings. The first-order valence-corrected chi connectivity index (χ1v) is 17.5. The van der Waals surface area contributed by atoms with Gasteiger partial charge in [-0.2, -0.15) is 14.4 Å². The van der Waals surface area contributed by atoms with Crippen LogP contribution in [0.4, 0.5) is 15.0 Å². The lowest BCUT2D eigenvalue weighted by atomic mass is 9.78. The number of amides is 1. The van der Waals surface area contributed by atoms with Gasteiger partial charge >= 0.3 is 35.9 Å². The summed E-state index contributed by atoms with van der Waals surface area (Å²) < 4.78 is 53.8. The molecule has 0 unspecified atom stereocenters. The van der Waals surface area contributed by atoms with Crippen LogP contribution in [0.5, 0.6) is 5.75 Å². The number of imidazole rings is 1. The van der Waals surface area contributed by atoms with Crippen molar-refractivity contribution in [3.8, 4) is 5.75 Å². The lowest BCUT2D eigenvalue weighted by Gasteiger charge is -2.31. The van der Waals surface area contributed by atoms with Crippen LogP contribution in [0.1, 0.15) is 95.2 Å². The van der Waals surface area contributed by atoms with E-state index in [0.717, 1.165) is 11.1 Å². The highest BCUT2D eigenvalue weighted by Crippen LogP contribution is 2.42. The molecule has 1 fully saturated rings. The van der Waals surface area contributed by atoms with Gasteiger partial charge in [0.15, 0.2) is 35.1 Å². The Bertz CT molecular complexity index is 2220. The highest BCUT2D eigenvalue weighted by atomic mass is 19.1. The number of carbonyl (C=O) groups is 4. The van der Waals surface area contributed by atoms with Gasteiger partial charge in [-0.25, -0.2) is 14.6 Å². The third kappa shape index (κ3) is 9.39. The Morgan fingerprint density at radius 3 is 2.43 bits per heavy atom. The minimum atomic E-state index is -1.42. The minimum Gasteiger partial charge on any atom is -0.459 e. The highest BCUT2D eigenvalue weighted by Gasteiger charge is 2.49. The van der Waals surface area contributed by atoms with Crippen molar-refractivity contribution in [2.24, 2.45) is 0 Å². The Hall–Kier alpha value is -5.69. The highest BCUT2D eigenvalue weighted by molar-refractivity contribution is 5.93. The molecular weight excluding hydrogens is 741 g/mol. The molecule has 1 aliphatic heterocycles. The third-order valence-electron chi connectivity index (χ3n) is 9.11. The van der Waals surface area contributed by atoms with Gasteiger partial charge in [0.05, 0.1) is 25.8 Å². The van der Waals surface area contributed by atoms with Crippen LogP contribution in [0.3, 0.4) is 0 Å². The van der Waals surface area contributed by atoms with E-state index < -0.39 is 77.9 Å². The van der Waals surface area contributed by atoms with E-state index in [1.165, 1.54) is 38.6 Å².